The van der Waals surface area contributed by atoms with E-state index in [4.69, 9.17) is 42.1 Å². The Bertz CT molecular complexity index is 1200. The number of rotatable bonds is 11. The van der Waals surface area contributed by atoms with Crippen LogP contribution in [-0.2, 0) is 17.8 Å². The highest BCUT2D eigenvalue weighted by Gasteiger charge is 2.23. The molecule has 0 saturated heterocycles. The molecule has 0 fully saturated rings. The number of nitrogens with zero attached hydrogens (tertiary/aromatic N) is 1. The Hall–Kier alpha value is -3.49. The average Bonchev–Trinajstić information content (AvgIpc) is 2.87. The first kappa shape index (κ1) is 26.1. The number of ketones is 1. The molecule has 0 bridgehead atoms. The van der Waals surface area contributed by atoms with Crippen LogP contribution in [-0.4, -0.2) is 44.6 Å². The van der Waals surface area contributed by atoms with Gasteiger partial charge in [0.2, 0.25) is 5.75 Å². The molecule has 1 N–H and O–H groups in total. The summed E-state index contributed by atoms with van der Waals surface area (Å²) in [4.78, 5) is 29.6. The number of carbonyl (C=O) groups excluding carboxylic acids is 2. The maximum absolute atomic E-state index is 13.2. The molecule has 1 heterocycles. The van der Waals surface area contributed by atoms with Crippen molar-refractivity contribution in [3.63, 3.8) is 0 Å². The molecule has 10 heteroatoms. The highest BCUT2D eigenvalue weighted by molar-refractivity contribution is 6.36. The van der Waals surface area contributed by atoms with Gasteiger partial charge in [0.1, 0.15) is 5.75 Å². The zero-order chi connectivity index (χ0) is 25.4. The van der Waals surface area contributed by atoms with E-state index in [1.807, 2.05) is 24.3 Å². The Balaban J connectivity index is 1.79. The van der Waals surface area contributed by atoms with Crippen LogP contribution in [0.2, 0.25) is 10.0 Å². The van der Waals surface area contributed by atoms with E-state index in [9.17, 15) is 9.59 Å². The first-order valence-electron chi connectivity index (χ1n) is 10.5. The van der Waals surface area contributed by atoms with E-state index in [2.05, 4.69) is 10.3 Å². The molecule has 0 unspecified atom stereocenters. The number of halogens is 2. The van der Waals surface area contributed by atoms with Gasteiger partial charge in [-0.05, 0) is 29.8 Å². The lowest BCUT2D eigenvalue weighted by Gasteiger charge is -2.17. The van der Waals surface area contributed by atoms with E-state index in [1.165, 1.54) is 32.7 Å². The van der Waals surface area contributed by atoms with Crippen LogP contribution in [0.1, 0.15) is 21.5 Å². The molecule has 0 aliphatic heterocycles. The van der Waals surface area contributed by atoms with Crippen LogP contribution in [0.4, 0.5) is 0 Å². The summed E-state index contributed by atoms with van der Waals surface area (Å²) in [6, 6.07) is 10.4. The number of ether oxygens (including phenoxy) is 4. The van der Waals surface area contributed by atoms with Crippen molar-refractivity contribution in [2.75, 3.05) is 27.9 Å². The minimum atomic E-state index is -0.392. The number of hydrogen-bond acceptors (Lipinski definition) is 7. The fraction of sp³-hybridized carbons (Fsp3) is 0.240. The molecule has 0 spiro atoms. The molecule has 0 aliphatic rings. The number of carbonyl (C=O) groups is 2. The first-order chi connectivity index (χ1) is 16.9. The number of hydrogen-bond donors (Lipinski definition) is 1. The van der Waals surface area contributed by atoms with Gasteiger partial charge in [0.15, 0.2) is 23.9 Å². The molecule has 0 atom stereocenters. The second-order valence-electron chi connectivity index (χ2n) is 7.28. The van der Waals surface area contributed by atoms with Crippen LogP contribution in [0.5, 0.6) is 23.0 Å². The number of amides is 1. The molecule has 0 aliphatic carbocycles. The zero-order valence-electron chi connectivity index (χ0n) is 19.4. The van der Waals surface area contributed by atoms with Gasteiger partial charge in [0, 0.05) is 30.9 Å². The van der Waals surface area contributed by atoms with Gasteiger partial charge < -0.3 is 24.3 Å². The fourth-order valence-electron chi connectivity index (χ4n) is 3.30. The van der Waals surface area contributed by atoms with Gasteiger partial charge >= 0.3 is 0 Å². The van der Waals surface area contributed by atoms with Gasteiger partial charge in [-0.2, -0.15) is 0 Å². The minimum absolute atomic E-state index is 0.0784. The Morgan fingerprint density at radius 1 is 0.943 bits per heavy atom. The van der Waals surface area contributed by atoms with E-state index in [1.54, 1.807) is 13.2 Å². The molecule has 8 nitrogen and oxygen atoms in total. The topological polar surface area (TPSA) is 96.0 Å². The Labute approximate surface area is 213 Å². The molecular weight excluding hydrogens is 495 g/mol. The van der Waals surface area contributed by atoms with Crippen molar-refractivity contribution in [3.05, 3.63) is 75.5 Å². The van der Waals surface area contributed by atoms with Crippen LogP contribution in [0, 0.1) is 0 Å². The van der Waals surface area contributed by atoms with E-state index in [0.717, 1.165) is 5.56 Å². The summed E-state index contributed by atoms with van der Waals surface area (Å²) in [5, 5.41) is 3.31. The number of methoxy groups -OCH3 is 3. The number of benzene rings is 2. The van der Waals surface area contributed by atoms with E-state index >= 15 is 0 Å². The molecule has 1 aromatic heterocycles. The monoisotopic (exact) mass is 518 g/mol. The summed E-state index contributed by atoms with van der Waals surface area (Å²) < 4.78 is 21.7. The SMILES string of the molecule is COc1cccc(CNC(=O)COc2c(C(=O)Cc3c(Cl)cncc3Cl)ccc(OC)c2OC)c1. The first-order valence-corrected chi connectivity index (χ1v) is 11.2. The smallest absolute Gasteiger partial charge is 0.258 e. The predicted octanol–water partition coefficient (Wildman–Crippen LogP) is 4.53. The largest absolute Gasteiger partial charge is 0.497 e. The molecule has 35 heavy (non-hydrogen) atoms. The van der Waals surface area contributed by atoms with Crippen molar-refractivity contribution in [2.24, 2.45) is 0 Å². The maximum Gasteiger partial charge on any atom is 0.258 e. The third-order valence-electron chi connectivity index (χ3n) is 5.06. The van der Waals surface area contributed by atoms with Gasteiger partial charge in [-0.15, -0.1) is 0 Å². The molecule has 1 amide bonds. The maximum atomic E-state index is 13.2. The summed E-state index contributed by atoms with van der Waals surface area (Å²) in [6.07, 6.45) is 2.72. The summed E-state index contributed by atoms with van der Waals surface area (Å²) >= 11 is 12.4. The lowest BCUT2D eigenvalue weighted by atomic mass is 10.0. The van der Waals surface area contributed by atoms with Gasteiger partial charge in [0.05, 0.1) is 36.9 Å². The van der Waals surface area contributed by atoms with Crippen molar-refractivity contribution < 1.29 is 28.5 Å². The number of pyridine rings is 1. The van der Waals surface area contributed by atoms with Gasteiger partial charge in [-0.1, -0.05) is 35.3 Å². The molecule has 0 saturated carbocycles. The van der Waals surface area contributed by atoms with Crippen molar-refractivity contribution in [2.45, 2.75) is 13.0 Å². The Morgan fingerprint density at radius 3 is 2.34 bits per heavy atom. The summed E-state index contributed by atoms with van der Waals surface area (Å²) in [5.74, 6) is 0.562. The Kier molecular flexibility index (Phi) is 9.17. The van der Waals surface area contributed by atoms with Crippen LogP contribution in [0.15, 0.2) is 48.8 Å². The van der Waals surface area contributed by atoms with Crippen LogP contribution < -0.4 is 24.3 Å². The number of aromatic nitrogens is 1. The van der Waals surface area contributed by atoms with Crippen LogP contribution in [0.25, 0.3) is 0 Å². The molecule has 2 aromatic carbocycles. The normalized spacial score (nSPS) is 10.4. The van der Waals surface area contributed by atoms with Crippen LogP contribution in [0.3, 0.4) is 0 Å². The summed E-state index contributed by atoms with van der Waals surface area (Å²) in [6.45, 7) is -0.0794. The number of nitrogens with one attached hydrogen (secondary N) is 1. The van der Waals surface area contributed by atoms with Crippen molar-refractivity contribution in [1.82, 2.24) is 10.3 Å². The lowest BCUT2D eigenvalue weighted by Crippen LogP contribution is -2.28. The molecule has 3 rings (SSSR count). The minimum Gasteiger partial charge on any atom is -0.497 e. The summed E-state index contributed by atoms with van der Waals surface area (Å²) in [5.41, 5.74) is 1.48. The highest BCUT2D eigenvalue weighted by atomic mass is 35.5. The third-order valence-corrected chi connectivity index (χ3v) is 5.71. The molecule has 184 valence electrons. The second-order valence-corrected chi connectivity index (χ2v) is 8.09. The Morgan fingerprint density at radius 2 is 1.69 bits per heavy atom. The van der Waals surface area contributed by atoms with E-state index in [-0.39, 0.29) is 52.5 Å². The van der Waals surface area contributed by atoms with Gasteiger partial charge in [-0.25, -0.2) is 0 Å². The zero-order valence-corrected chi connectivity index (χ0v) is 20.9. The third kappa shape index (κ3) is 6.55. The molecule has 3 aromatic rings. The van der Waals surface area contributed by atoms with E-state index in [0.29, 0.717) is 17.1 Å². The lowest BCUT2D eigenvalue weighted by molar-refractivity contribution is -0.123. The predicted molar refractivity (Wildman–Crippen MR) is 132 cm³/mol. The van der Waals surface area contributed by atoms with Crippen molar-refractivity contribution >= 4 is 34.9 Å². The van der Waals surface area contributed by atoms with Gasteiger partial charge in [-0.3, -0.25) is 14.6 Å². The van der Waals surface area contributed by atoms with Crippen LogP contribution >= 0.6 is 23.2 Å². The molecule has 0 radical (unpaired) electrons. The average molecular weight is 519 g/mol. The summed E-state index contributed by atoms with van der Waals surface area (Å²) in [7, 11) is 4.45. The van der Waals surface area contributed by atoms with E-state index < -0.39 is 5.91 Å². The van der Waals surface area contributed by atoms with Crippen molar-refractivity contribution in [1.29, 1.82) is 0 Å². The highest BCUT2D eigenvalue weighted by Crippen LogP contribution is 2.41. The quantitative estimate of drug-likeness (QED) is 0.372. The van der Waals surface area contributed by atoms with Gasteiger partial charge in [0.25, 0.3) is 5.91 Å². The number of Topliss-reactive ketones (excluding diaryl/α,β-unsaturated/α-hetero) is 1. The standard InChI is InChI=1S/C25H24Cl2N2O6/c1-32-16-6-4-5-15(9-16)11-29-23(31)14-35-24-17(7-8-22(33-2)25(24)34-3)21(30)10-18-19(26)12-28-13-20(18)27/h4-9,12-13H,10-11,14H2,1-3H3,(H,29,31). The molecular formula is C25H24Cl2N2O6. The fourth-order valence-corrected chi connectivity index (χ4v) is 3.79. The second kappa shape index (κ2) is 12.3. The van der Waals surface area contributed by atoms with Crippen molar-refractivity contribution in [3.8, 4) is 23.0 Å².